The zero-order chi connectivity index (χ0) is 18.4. The molecule has 0 atom stereocenters. The highest BCUT2D eigenvalue weighted by atomic mass is 19.4. The minimum atomic E-state index is -4.97. The lowest BCUT2D eigenvalue weighted by Gasteiger charge is -2.20. The second-order valence-electron chi connectivity index (χ2n) is 5.71. The quantitative estimate of drug-likeness (QED) is 0.659. The molecule has 2 heterocycles. The maximum absolute atomic E-state index is 13.3. The summed E-state index contributed by atoms with van der Waals surface area (Å²) in [6.07, 6.45) is -3.84. The predicted octanol–water partition coefficient (Wildman–Crippen LogP) is 2.48. The van der Waals surface area contributed by atoms with Crippen molar-refractivity contribution in [3.8, 4) is 5.75 Å². The minimum Gasteiger partial charge on any atom is -0.506 e. The Balaban J connectivity index is 2.20. The van der Waals surface area contributed by atoms with E-state index in [2.05, 4.69) is 9.97 Å². The summed E-state index contributed by atoms with van der Waals surface area (Å²) in [5.74, 6) is -4.66. The number of ketones is 3. The van der Waals surface area contributed by atoms with E-state index in [4.69, 9.17) is 0 Å². The molecular weight excluding hydrogens is 341 g/mol. The Morgan fingerprint density at radius 1 is 1.16 bits per heavy atom. The number of rotatable bonds is 2. The maximum atomic E-state index is 13.3. The first kappa shape index (κ1) is 17.0. The lowest BCUT2D eigenvalue weighted by atomic mass is 9.81. The highest BCUT2D eigenvalue weighted by Crippen LogP contribution is 2.34. The van der Waals surface area contributed by atoms with Crippen LogP contribution in [0, 0.1) is 5.92 Å². The molecule has 1 fully saturated rings. The Labute approximate surface area is 138 Å². The molecule has 25 heavy (non-hydrogen) atoms. The molecule has 9 heteroatoms. The molecule has 1 aliphatic carbocycles. The van der Waals surface area contributed by atoms with Crippen LogP contribution in [0.2, 0.25) is 0 Å². The van der Waals surface area contributed by atoms with E-state index >= 15 is 0 Å². The second kappa shape index (κ2) is 5.91. The number of fused-ring (bicyclic) bond motifs is 1. The van der Waals surface area contributed by atoms with E-state index in [1.54, 1.807) is 0 Å². The Morgan fingerprint density at radius 2 is 1.80 bits per heavy atom. The fourth-order valence-corrected chi connectivity index (χ4v) is 2.81. The Hall–Kier alpha value is -2.84. The van der Waals surface area contributed by atoms with Crippen LogP contribution in [0.25, 0.3) is 11.0 Å². The number of Topliss-reactive ketones (excluding diaryl/α,β-unsaturated/α-hetero) is 3. The summed E-state index contributed by atoms with van der Waals surface area (Å²) in [5, 5.41) is 9.41. The number of nitrogens with zero attached hydrogens (tertiary/aromatic N) is 2. The predicted molar refractivity (Wildman–Crippen MR) is 77.9 cm³/mol. The van der Waals surface area contributed by atoms with Gasteiger partial charge in [0.25, 0.3) is 0 Å². The molecule has 2 aromatic heterocycles. The van der Waals surface area contributed by atoms with Crippen molar-refractivity contribution in [2.24, 2.45) is 5.92 Å². The number of alkyl halides is 3. The second-order valence-corrected chi connectivity index (χ2v) is 5.71. The van der Waals surface area contributed by atoms with Crippen molar-refractivity contribution >= 4 is 28.4 Å². The van der Waals surface area contributed by atoms with E-state index in [1.807, 2.05) is 0 Å². The van der Waals surface area contributed by atoms with Gasteiger partial charge in [-0.05, 0) is 18.6 Å². The molecule has 3 rings (SSSR count). The highest BCUT2D eigenvalue weighted by molar-refractivity contribution is 6.25. The zero-order valence-electron chi connectivity index (χ0n) is 12.6. The van der Waals surface area contributed by atoms with Crippen LogP contribution < -0.4 is 0 Å². The van der Waals surface area contributed by atoms with Gasteiger partial charge in [0.05, 0.1) is 11.8 Å². The first-order valence-electron chi connectivity index (χ1n) is 7.35. The molecule has 1 aliphatic rings. The third-order valence-corrected chi connectivity index (χ3v) is 3.94. The van der Waals surface area contributed by atoms with Crippen molar-refractivity contribution in [2.45, 2.75) is 25.4 Å². The largest absolute Gasteiger partial charge is 0.506 e. The minimum absolute atomic E-state index is 0.00735. The van der Waals surface area contributed by atoms with E-state index in [-0.39, 0.29) is 36.0 Å². The SMILES string of the molecule is O=C1CCCC(=O)C1C(=O)c1cc2cc(O)cnc2nc1C(F)(F)F. The number of hydrogen-bond donors (Lipinski definition) is 1. The first-order chi connectivity index (χ1) is 11.7. The normalized spacial score (nSPS) is 16.4. The van der Waals surface area contributed by atoms with Gasteiger partial charge in [0.1, 0.15) is 11.7 Å². The van der Waals surface area contributed by atoms with Crippen molar-refractivity contribution < 1.29 is 32.7 Å². The number of hydrogen-bond acceptors (Lipinski definition) is 6. The molecule has 0 saturated heterocycles. The summed E-state index contributed by atoms with van der Waals surface area (Å²) >= 11 is 0. The van der Waals surface area contributed by atoms with Crippen LogP contribution in [0.15, 0.2) is 18.3 Å². The van der Waals surface area contributed by atoms with Gasteiger partial charge < -0.3 is 5.11 Å². The molecule has 130 valence electrons. The molecule has 2 aromatic rings. The molecule has 6 nitrogen and oxygen atoms in total. The number of carbonyl (C=O) groups is 3. The number of halogens is 3. The third-order valence-electron chi connectivity index (χ3n) is 3.94. The Kier molecular flexibility index (Phi) is 4.02. The van der Waals surface area contributed by atoms with Gasteiger partial charge in [-0.15, -0.1) is 0 Å². The zero-order valence-corrected chi connectivity index (χ0v) is 12.6. The number of aromatic nitrogens is 2. The van der Waals surface area contributed by atoms with E-state index in [0.717, 1.165) is 18.3 Å². The number of aromatic hydroxyl groups is 1. The molecule has 0 spiro atoms. The van der Waals surface area contributed by atoms with Crippen molar-refractivity contribution in [2.75, 3.05) is 0 Å². The van der Waals surface area contributed by atoms with Crippen LogP contribution in [-0.2, 0) is 15.8 Å². The van der Waals surface area contributed by atoms with E-state index < -0.39 is 40.7 Å². The van der Waals surface area contributed by atoms with Crippen LogP contribution in [0.3, 0.4) is 0 Å². The fourth-order valence-electron chi connectivity index (χ4n) is 2.81. The van der Waals surface area contributed by atoms with Crippen molar-refractivity contribution in [3.63, 3.8) is 0 Å². The van der Waals surface area contributed by atoms with Crippen molar-refractivity contribution in [1.82, 2.24) is 9.97 Å². The summed E-state index contributed by atoms with van der Waals surface area (Å²) in [7, 11) is 0. The van der Waals surface area contributed by atoms with Crippen LogP contribution in [0.4, 0.5) is 13.2 Å². The molecule has 0 unspecified atom stereocenters. The Bertz CT molecular complexity index is 892. The molecule has 0 aliphatic heterocycles. The summed E-state index contributed by atoms with van der Waals surface area (Å²) in [6, 6.07) is 1.95. The topological polar surface area (TPSA) is 97.2 Å². The summed E-state index contributed by atoms with van der Waals surface area (Å²) < 4.78 is 39.9. The van der Waals surface area contributed by atoms with Crippen LogP contribution in [0.1, 0.15) is 35.3 Å². The lowest BCUT2D eigenvalue weighted by Crippen LogP contribution is -2.36. The van der Waals surface area contributed by atoms with Gasteiger partial charge in [-0.3, -0.25) is 14.4 Å². The van der Waals surface area contributed by atoms with Crippen LogP contribution in [0.5, 0.6) is 5.75 Å². The highest BCUT2D eigenvalue weighted by Gasteiger charge is 2.43. The molecular formula is C16H11F3N2O4. The average molecular weight is 352 g/mol. The first-order valence-corrected chi connectivity index (χ1v) is 7.35. The van der Waals surface area contributed by atoms with Gasteiger partial charge in [-0.1, -0.05) is 0 Å². The maximum Gasteiger partial charge on any atom is 0.434 e. The smallest absolute Gasteiger partial charge is 0.434 e. The molecule has 0 bridgehead atoms. The van der Waals surface area contributed by atoms with E-state index in [1.165, 1.54) is 0 Å². The van der Waals surface area contributed by atoms with Gasteiger partial charge in [-0.2, -0.15) is 13.2 Å². The summed E-state index contributed by atoms with van der Waals surface area (Å²) in [4.78, 5) is 43.3. The molecule has 1 N–H and O–H groups in total. The monoisotopic (exact) mass is 352 g/mol. The van der Waals surface area contributed by atoms with E-state index in [0.29, 0.717) is 0 Å². The average Bonchev–Trinajstić information content (AvgIpc) is 2.52. The van der Waals surface area contributed by atoms with Crippen LogP contribution >= 0.6 is 0 Å². The van der Waals surface area contributed by atoms with Crippen molar-refractivity contribution in [1.29, 1.82) is 0 Å². The van der Waals surface area contributed by atoms with E-state index in [9.17, 15) is 32.7 Å². The lowest BCUT2D eigenvalue weighted by molar-refractivity contribution is -0.142. The summed E-state index contributed by atoms with van der Waals surface area (Å²) in [6.45, 7) is 0. The third kappa shape index (κ3) is 3.09. The van der Waals surface area contributed by atoms with Gasteiger partial charge >= 0.3 is 6.18 Å². The molecule has 0 amide bonds. The van der Waals surface area contributed by atoms with Gasteiger partial charge in [0.15, 0.2) is 28.7 Å². The van der Waals surface area contributed by atoms with Crippen molar-refractivity contribution in [3.05, 3.63) is 29.6 Å². The number of pyridine rings is 2. The molecule has 0 radical (unpaired) electrons. The molecule has 0 aromatic carbocycles. The van der Waals surface area contributed by atoms with Gasteiger partial charge in [0, 0.05) is 18.2 Å². The fraction of sp³-hybridized carbons (Fsp3) is 0.312. The molecule has 1 saturated carbocycles. The van der Waals surface area contributed by atoms with Gasteiger partial charge in [0.2, 0.25) is 0 Å². The number of carbonyl (C=O) groups excluding carboxylic acids is 3. The van der Waals surface area contributed by atoms with Crippen LogP contribution in [-0.4, -0.2) is 32.4 Å². The summed E-state index contributed by atoms with van der Waals surface area (Å²) in [5.41, 5.74) is -2.70. The van der Waals surface area contributed by atoms with Gasteiger partial charge in [-0.25, -0.2) is 9.97 Å². The standard InChI is InChI=1S/C16H11F3N2O4/c17-16(18,19)14-9(5-7-4-8(22)6-20-15(7)21-14)13(25)12-10(23)2-1-3-11(12)24/h4-6,12,22H,1-3H2. The Morgan fingerprint density at radius 3 is 2.40 bits per heavy atom.